The molecule has 1 amide bonds. The maximum atomic E-state index is 10.3. The van der Waals surface area contributed by atoms with Crippen molar-refractivity contribution in [1.29, 1.82) is 0 Å². The van der Waals surface area contributed by atoms with Crippen LogP contribution in [0.5, 0.6) is 0 Å². The molecule has 4 heteroatoms. The summed E-state index contributed by atoms with van der Waals surface area (Å²) in [5.74, 6) is 2.02. The summed E-state index contributed by atoms with van der Waals surface area (Å²) in [5.41, 5.74) is 4.85. The summed E-state index contributed by atoms with van der Waals surface area (Å²) in [6.07, 6.45) is 10.2. The van der Waals surface area contributed by atoms with Gasteiger partial charge < -0.3 is 10.5 Å². The van der Waals surface area contributed by atoms with E-state index in [-0.39, 0.29) is 0 Å². The molecule has 17 heavy (non-hydrogen) atoms. The number of hydrogen-bond acceptors (Lipinski definition) is 3. The van der Waals surface area contributed by atoms with Crippen LogP contribution in [-0.2, 0) is 4.74 Å². The van der Waals surface area contributed by atoms with Crippen LogP contribution >= 0.6 is 11.8 Å². The van der Waals surface area contributed by atoms with Crippen molar-refractivity contribution in [2.45, 2.75) is 58.3 Å². The highest BCUT2D eigenvalue weighted by Gasteiger charge is 1.95. The third-order valence-electron chi connectivity index (χ3n) is 2.61. The molecule has 0 unspecified atom stereocenters. The van der Waals surface area contributed by atoms with Crippen molar-refractivity contribution in [2.75, 3.05) is 18.1 Å². The predicted molar refractivity (Wildman–Crippen MR) is 75.5 cm³/mol. The van der Waals surface area contributed by atoms with Gasteiger partial charge in [-0.1, -0.05) is 51.9 Å². The van der Waals surface area contributed by atoms with Crippen molar-refractivity contribution in [3.63, 3.8) is 0 Å². The molecule has 0 aromatic rings. The number of rotatable bonds is 12. The fourth-order valence-electron chi connectivity index (χ4n) is 1.64. The highest BCUT2D eigenvalue weighted by atomic mass is 32.2. The molecule has 0 rings (SSSR count). The Morgan fingerprint density at radius 3 is 2.18 bits per heavy atom. The molecular weight excluding hydrogens is 234 g/mol. The van der Waals surface area contributed by atoms with Crippen molar-refractivity contribution < 1.29 is 9.53 Å². The lowest BCUT2D eigenvalue weighted by atomic mass is 10.1. The largest absolute Gasteiger partial charge is 0.449 e. The molecular formula is C13H27NO2S. The Hall–Kier alpha value is -0.380. The van der Waals surface area contributed by atoms with Crippen LogP contribution < -0.4 is 5.73 Å². The number of nitrogens with two attached hydrogens (primary N) is 1. The average Bonchev–Trinajstić information content (AvgIpc) is 2.30. The molecule has 0 heterocycles. The van der Waals surface area contributed by atoms with Crippen molar-refractivity contribution in [3.8, 4) is 0 Å². The SMILES string of the molecule is CCCCCCCCCCSCCOC(N)=O. The minimum absolute atomic E-state index is 0.441. The van der Waals surface area contributed by atoms with Gasteiger partial charge in [-0.15, -0.1) is 0 Å². The van der Waals surface area contributed by atoms with Gasteiger partial charge in [0.15, 0.2) is 0 Å². The number of carbonyl (C=O) groups is 1. The van der Waals surface area contributed by atoms with Gasteiger partial charge in [0.25, 0.3) is 0 Å². The fourth-order valence-corrected chi connectivity index (χ4v) is 2.45. The Labute approximate surface area is 110 Å². The molecule has 0 saturated heterocycles. The summed E-state index contributed by atoms with van der Waals surface area (Å²) in [4.78, 5) is 10.3. The van der Waals surface area contributed by atoms with Crippen LogP contribution in [0.1, 0.15) is 58.3 Å². The molecule has 102 valence electrons. The lowest BCUT2D eigenvalue weighted by Crippen LogP contribution is -2.14. The number of carbonyl (C=O) groups excluding carboxylic acids is 1. The summed E-state index contributed by atoms with van der Waals surface area (Å²) < 4.78 is 4.64. The minimum Gasteiger partial charge on any atom is -0.449 e. The summed E-state index contributed by atoms with van der Waals surface area (Å²) in [5, 5.41) is 0. The summed E-state index contributed by atoms with van der Waals surface area (Å²) in [6.45, 7) is 2.69. The second-order valence-electron chi connectivity index (χ2n) is 4.25. The van der Waals surface area contributed by atoms with E-state index in [2.05, 4.69) is 11.7 Å². The van der Waals surface area contributed by atoms with E-state index in [1.165, 1.54) is 51.4 Å². The molecule has 0 aromatic carbocycles. The molecule has 0 aliphatic carbocycles. The van der Waals surface area contributed by atoms with Crippen LogP contribution in [0.2, 0.25) is 0 Å². The first kappa shape index (κ1) is 16.6. The topological polar surface area (TPSA) is 52.3 Å². The Balaban J connectivity index is 2.91. The van der Waals surface area contributed by atoms with Gasteiger partial charge in [0.1, 0.15) is 6.61 Å². The van der Waals surface area contributed by atoms with E-state index >= 15 is 0 Å². The predicted octanol–water partition coefficient (Wildman–Crippen LogP) is 3.96. The average molecular weight is 261 g/mol. The van der Waals surface area contributed by atoms with E-state index in [1.807, 2.05) is 11.8 Å². The first-order valence-electron chi connectivity index (χ1n) is 6.77. The number of hydrogen-bond donors (Lipinski definition) is 1. The van der Waals surface area contributed by atoms with E-state index in [0.717, 1.165) is 11.5 Å². The van der Waals surface area contributed by atoms with Crippen molar-refractivity contribution in [3.05, 3.63) is 0 Å². The van der Waals surface area contributed by atoms with Gasteiger partial charge in [0.2, 0.25) is 0 Å². The monoisotopic (exact) mass is 261 g/mol. The molecule has 0 aliphatic heterocycles. The highest BCUT2D eigenvalue weighted by Crippen LogP contribution is 2.11. The zero-order chi connectivity index (χ0) is 12.8. The maximum Gasteiger partial charge on any atom is 0.404 e. The van der Waals surface area contributed by atoms with Crippen LogP contribution in [0, 0.1) is 0 Å². The number of ether oxygens (including phenoxy) is 1. The van der Waals surface area contributed by atoms with Crippen LogP contribution in [0.3, 0.4) is 0 Å². The molecule has 0 fully saturated rings. The Morgan fingerprint density at radius 1 is 1.00 bits per heavy atom. The number of primary amides is 1. The molecule has 0 bridgehead atoms. The second kappa shape index (κ2) is 13.7. The first-order valence-corrected chi connectivity index (χ1v) is 7.92. The first-order chi connectivity index (χ1) is 8.27. The second-order valence-corrected chi connectivity index (χ2v) is 5.48. The van der Waals surface area contributed by atoms with Crippen molar-refractivity contribution in [2.24, 2.45) is 5.73 Å². The number of thioether (sulfide) groups is 1. The quantitative estimate of drug-likeness (QED) is 0.541. The lowest BCUT2D eigenvalue weighted by molar-refractivity contribution is 0.164. The number of amides is 1. The molecule has 0 spiro atoms. The van der Waals surface area contributed by atoms with Crippen LogP contribution in [0.15, 0.2) is 0 Å². The van der Waals surface area contributed by atoms with Gasteiger partial charge in [-0.05, 0) is 12.2 Å². The highest BCUT2D eigenvalue weighted by molar-refractivity contribution is 7.99. The maximum absolute atomic E-state index is 10.3. The molecule has 0 atom stereocenters. The summed E-state index contributed by atoms with van der Waals surface area (Å²) in [7, 11) is 0. The Bertz CT molecular complexity index is 177. The van der Waals surface area contributed by atoms with E-state index in [0.29, 0.717) is 6.61 Å². The zero-order valence-corrected chi connectivity index (χ0v) is 11.9. The Kier molecular flexibility index (Phi) is 13.4. The molecule has 0 radical (unpaired) electrons. The lowest BCUT2D eigenvalue weighted by Gasteiger charge is -2.03. The molecule has 0 saturated carbocycles. The molecule has 0 aliphatic rings. The van der Waals surface area contributed by atoms with Gasteiger partial charge >= 0.3 is 6.09 Å². The molecule has 0 aromatic heterocycles. The zero-order valence-electron chi connectivity index (χ0n) is 11.1. The summed E-state index contributed by atoms with van der Waals surface area (Å²) >= 11 is 1.83. The van der Waals surface area contributed by atoms with E-state index < -0.39 is 6.09 Å². The van der Waals surface area contributed by atoms with Crippen LogP contribution in [0.25, 0.3) is 0 Å². The van der Waals surface area contributed by atoms with E-state index in [1.54, 1.807) is 0 Å². The van der Waals surface area contributed by atoms with Gasteiger partial charge in [0.05, 0.1) is 0 Å². The van der Waals surface area contributed by atoms with Gasteiger partial charge in [0, 0.05) is 5.75 Å². The molecule has 3 nitrogen and oxygen atoms in total. The van der Waals surface area contributed by atoms with E-state index in [9.17, 15) is 4.79 Å². The van der Waals surface area contributed by atoms with Gasteiger partial charge in [-0.25, -0.2) is 4.79 Å². The standard InChI is InChI=1S/C13H27NO2S/c1-2-3-4-5-6-7-8-9-11-17-12-10-16-13(14)15/h2-12H2,1H3,(H2,14,15). The van der Waals surface area contributed by atoms with Crippen LogP contribution in [-0.4, -0.2) is 24.2 Å². The Morgan fingerprint density at radius 2 is 1.59 bits per heavy atom. The van der Waals surface area contributed by atoms with Crippen molar-refractivity contribution in [1.82, 2.24) is 0 Å². The van der Waals surface area contributed by atoms with Crippen molar-refractivity contribution >= 4 is 17.9 Å². The number of unbranched alkanes of at least 4 members (excludes halogenated alkanes) is 7. The molecule has 2 N–H and O–H groups in total. The van der Waals surface area contributed by atoms with Crippen LogP contribution in [0.4, 0.5) is 4.79 Å². The summed E-state index contributed by atoms with van der Waals surface area (Å²) in [6, 6.07) is 0. The smallest absolute Gasteiger partial charge is 0.404 e. The van der Waals surface area contributed by atoms with Gasteiger partial charge in [-0.2, -0.15) is 11.8 Å². The minimum atomic E-state index is -0.669. The normalized spacial score (nSPS) is 10.4. The van der Waals surface area contributed by atoms with E-state index in [4.69, 9.17) is 5.73 Å². The third kappa shape index (κ3) is 15.6. The third-order valence-corrected chi connectivity index (χ3v) is 3.65. The fraction of sp³-hybridized carbons (Fsp3) is 0.923. The van der Waals surface area contributed by atoms with Gasteiger partial charge in [-0.3, -0.25) is 0 Å².